The van der Waals surface area contributed by atoms with E-state index in [0.29, 0.717) is 12.1 Å². The lowest BCUT2D eigenvalue weighted by atomic mass is 9.85. The van der Waals surface area contributed by atoms with Crippen LogP contribution in [-0.2, 0) is 5.60 Å². The van der Waals surface area contributed by atoms with Gasteiger partial charge in [0.05, 0.1) is 11.2 Å². The molecule has 1 aromatic heterocycles. The molecule has 2 atom stereocenters. The molecule has 5 heteroatoms. The Morgan fingerprint density at radius 1 is 1.40 bits per heavy atom. The zero-order valence-electron chi connectivity index (χ0n) is 8.35. The molecule has 0 aliphatic carbocycles. The van der Waals surface area contributed by atoms with E-state index in [0.717, 1.165) is 18.5 Å². The second-order valence-corrected chi connectivity index (χ2v) is 5.17. The molecule has 2 unspecified atom stereocenters. The van der Waals surface area contributed by atoms with Crippen molar-refractivity contribution < 1.29 is 5.11 Å². The second-order valence-electron chi connectivity index (χ2n) is 4.45. The van der Waals surface area contributed by atoms with Gasteiger partial charge in [0.25, 0.3) is 0 Å². The molecule has 2 bridgehead atoms. The van der Waals surface area contributed by atoms with Crippen LogP contribution < -0.4 is 5.32 Å². The van der Waals surface area contributed by atoms with E-state index in [1.54, 1.807) is 16.8 Å². The summed E-state index contributed by atoms with van der Waals surface area (Å²) in [5.74, 6) is 0. The van der Waals surface area contributed by atoms with Gasteiger partial charge in [-0.05, 0) is 25.7 Å². The van der Waals surface area contributed by atoms with Crippen molar-refractivity contribution in [2.45, 2.75) is 43.4 Å². The summed E-state index contributed by atoms with van der Waals surface area (Å²) in [6.07, 6.45) is 4.06. The predicted octanol–water partition coefficient (Wildman–Crippen LogP) is 1.67. The number of halogens is 1. The summed E-state index contributed by atoms with van der Waals surface area (Å²) < 4.78 is 0. The number of nitrogens with zero attached hydrogens (tertiary/aromatic N) is 1. The Kier molecular flexibility index (Phi) is 3.03. The number of rotatable bonds is 1. The number of aromatic nitrogens is 1. The quantitative estimate of drug-likeness (QED) is 0.793. The molecule has 15 heavy (non-hydrogen) atoms. The molecular formula is C10H15ClN2OS. The Bertz CT molecular complexity index is 318. The molecule has 0 saturated carbocycles. The van der Waals surface area contributed by atoms with Crippen LogP contribution in [0.25, 0.3) is 0 Å². The SMILES string of the molecule is Cl.OC1(c2cscn2)CC2CCC(C1)N2. The lowest BCUT2D eigenvalue weighted by Gasteiger charge is -2.35. The van der Waals surface area contributed by atoms with E-state index in [1.165, 1.54) is 12.8 Å². The molecule has 1 aromatic rings. The molecule has 2 saturated heterocycles. The average Bonchev–Trinajstić information content (AvgIpc) is 2.75. The van der Waals surface area contributed by atoms with Gasteiger partial charge in [0, 0.05) is 17.5 Å². The van der Waals surface area contributed by atoms with Crippen LogP contribution in [0.2, 0.25) is 0 Å². The first kappa shape index (κ1) is 11.3. The number of hydrogen-bond donors (Lipinski definition) is 2. The maximum Gasteiger partial charge on any atom is 0.110 e. The molecule has 3 rings (SSSR count). The number of fused-ring (bicyclic) bond motifs is 2. The van der Waals surface area contributed by atoms with Gasteiger partial charge in [0.15, 0.2) is 0 Å². The smallest absolute Gasteiger partial charge is 0.110 e. The fourth-order valence-electron chi connectivity index (χ4n) is 2.77. The van der Waals surface area contributed by atoms with Crippen LogP contribution >= 0.6 is 23.7 Å². The van der Waals surface area contributed by atoms with Crippen molar-refractivity contribution in [3.8, 4) is 0 Å². The zero-order valence-corrected chi connectivity index (χ0v) is 9.98. The van der Waals surface area contributed by atoms with Gasteiger partial charge in [-0.3, -0.25) is 0 Å². The van der Waals surface area contributed by atoms with Crippen molar-refractivity contribution in [3.63, 3.8) is 0 Å². The van der Waals surface area contributed by atoms with E-state index in [2.05, 4.69) is 10.3 Å². The van der Waals surface area contributed by atoms with Gasteiger partial charge < -0.3 is 10.4 Å². The van der Waals surface area contributed by atoms with Gasteiger partial charge in [-0.1, -0.05) is 0 Å². The van der Waals surface area contributed by atoms with E-state index in [4.69, 9.17) is 0 Å². The minimum atomic E-state index is -0.656. The molecule has 0 radical (unpaired) electrons. The summed E-state index contributed by atoms with van der Waals surface area (Å²) in [6, 6.07) is 1.00. The first-order valence-corrected chi connectivity index (χ1v) is 6.08. The van der Waals surface area contributed by atoms with Gasteiger partial charge >= 0.3 is 0 Å². The standard InChI is InChI=1S/C10H14N2OS.ClH/c13-10(9-5-14-6-11-9)3-7-1-2-8(4-10)12-7;/h5-8,12-13H,1-4H2;1H. The molecule has 0 amide bonds. The van der Waals surface area contributed by atoms with Gasteiger partial charge in [0.2, 0.25) is 0 Å². The largest absolute Gasteiger partial charge is 0.383 e. The Labute approximate surface area is 99.3 Å². The molecule has 0 aromatic carbocycles. The molecular weight excluding hydrogens is 232 g/mol. The first-order valence-electron chi connectivity index (χ1n) is 5.13. The summed E-state index contributed by atoms with van der Waals surface area (Å²) in [4.78, 5) is 4.25. The van der Waals surface area contributed by atoms with E-state index >= 15 is 0 Å². The predicted molar refractivity (Wildman–Crippen MR) is 62.4 cm³/mol. The number of hydrogen-bond acceptors (Lipinski definition) is 4. The van der Waals surface area contributed by atoms with Gasteiger partial charge in [-0.2, -0.15) is 0 Å². The molecule has 2 N–H and O–H groups in total. The van der Waals surface area contributed by atoms with Crippen LogP contribution in [0.5, 0.6) is 0 Å². The van der Waals surface area contributed by atoms with Crippen LogP contribution in [0.1, 0.15) is 31.4 Å². The van der Waals surface area contributed by atoms with Gasteiger partial charge in [0.1, 0.15) is 5.60 Å². The molecule has 3 heterocycles. The monoisotopic (exact) mass is 246 g/mol. The molecule has 2 aliphatic rings. The molecule has 3 nitrogen and oxygen atoms in total. The Balaban J connectivity index is 0.000000853. The third kappa shape index (κ3) is 1.91. The molecule has 84 valence electrons. The highest BCUT2D eigenvalue weighted by atomic mass is 35.5. The van der Waals surface area contributed by atoms with Crippen molar-refractivity contribution in [1.29, 1.82) is 0 Å². The number of piperidine rings is 1. The van der Waals surface area contributed by atoms with Gasteiger partial charge in [-0.25, -0.2) is 4.98 Å². The summed E-state index contributed by atoms with van der Waals surface area (Å²) in [5.41, 5.74) is 2.02. The summed E-state index contributed by atoms with van der Waals surface area (Å²) in [6.45, 7) is 0. The lowest BCUT2D eigenvalue weighted by molar-refractivity contribution is -0.0147. The molecule has 0 spiro atoms. The van der Waals surface area contributed by atoms with Crippen LogP contribution in [0.4, 0.5) is 0 Å². The molecule has 2 aliphatic heterocycles. The topological polar surface area (TPSA) is 45.2 Å². The minimum absolute atomic E-state index is 0. The molecule has 2 fully saturated rings. The van der Waals surface area contributed by atoms with Crippen molar-refractivity contribution in [2.24, 2.45) is 0 Å². The lowest BCUT2D eigenvalue weighted by Crippen LogP contribution is -2.46. The minimum Gasteiger partial charge on any atom is -0.383 e. The van der Waals surface area contributed by atoms with Crippen LogP contribution in [-0.4, -0.2) is 22.2 Å². The Morgan fingerprint density at radius 2 is 2.07 bits per heavy atom. The highest BCUT2D eigenvalue weighted by Gasteiger charge is 2.44. The summed E-state index contributed by atoms with van der Waals surface area (Å²) in [7, 11) is 0. The van der Waals surface area contributed by atoms with Crippen molar-refractivity contribution >= 4 is 23.7 Å². The third-order valence-electron chi connectivity index (χ3n) is 3.41. The number of aliphatic hydroxyl groups is 1. The van der Waals surface area contributed by atoms with Crippen molar-refractivity contribution in [2.75, 3.05) is 0 Å². The van der Waals surface area contributed by atoms with E-state index in [1.807, 2.05) is 5.38 Å². The third-order valence-corrected chi connectivity index (χ3v) is 4.00. The Hall–Kier alpha value is -0.160. The van der Waals surface area contributed by atoms with Crippen LogP contribution in [0, 0.1) is 0 Å². The fraction of sp³-hybridized carbons (Fsp3) is 0.700. The maximum absolute atomic E-state index is 10.5. The summed E-state index contributed by atoms with van der Waals surface area (Å²) in [5, 5.41) is 16.0. The summed E-state index contributed by atoms with van der Waals surface area (Å²) >= 11 is 1.56. The number of nitrogens with one attached hydrogen (secondary N) is 1. The van der Waals surface area contributed by atoms with E-state index in [-0.39, 0.29) is 12.4 Å². The Morgan fingerprint density at radius 3 is 2.60 bits per heavy atom. The zero-order chi connectivity index (χ0) is 9.60. The maximum atomic E-state index is 10.5. The highest BCUT2D eigenvalue weighted by molar-refractivity contribution is 7.07. The average molecular weight is 247 g/mol. The first-order chi connectivity index (χ1) is 6.76. The van der Waals surface area contributed by atoms with Gasteiger partial charge in [-0.15, -0.1) is 23.7 Å². The van der Waals surface area contributed by atoms with Crippen molar-refractivity contribution in [3.05, 3.63) is 16.6 Å². The van der Waals surface area contributed by atoms with E-state index in [9.17, 15) is 5.11 Å². The van der Waals surface area contributed by atoms with Crippen molar-refractivity contribution in [1.82, 2.24) is 10.3 Å². The highest BCUT2D eigenvalue weighted by Crippen LogP contribution is 2.40. The fourth-order valence-corrected chi connectivity index (χ4v) is 3.42. The van der Waals surface area contributed by atoms with Crippen LogP contribution in [0.3, 0.4) is 0 Å². The van der Waals surface area contributed by atoms with Crippen LogP contribution in [0.15, 0.2) is 10.9 Å². The number of thiazole rings is 1. The normalized spacial score (nSPS) is 38.7. The second kappa shape index (κ2) is 4.01. The van der Waals surface area contributed by atoms with E-state index < -0.39 is 5.60 Å².